The van der Waals surface area contributed by atoms with E-state index in [-0.39, 0.29) is 5.92 Å². The second kappa shape index (κ2) is 6.14. The van der Waals surface area contributed by atoms with E-state index in [1.807, 2.05) is 18.3 Å². The van der Waals surface area contributed by atoms with Crippen molar-refractivity contribution in [3.63, 3.8) is 0 Å². The van der Waals surface area contributed by atoms with Crippen LogP contribution in [0.2, 0.25) is 5.02 Å². The predicted molar refractivity (Wildman–Crippen MR) is 96.6 cm³/mol. The molecule has 0 radical (unpaired) electrons. The summed E-state index contributed by atoms with van der Waals surface area (Å²) in [6.07, 6.45) is 5.29. The molecule has 2 heterocycles. The fourth-order valence-corrected chi connectivity index (χ4v) is 4.44. The molecule has 1 aromatic carbocycles. The maximum Gasteiger partial charge on any atom is 0.0796 e. The zero-order valence-electron chi connectivity index (χ0n) is 14.0. The Hall–Kier alpha value is -1.42. The molecule has 0 saturated carbocycles. The Morgan fingerprint density at radius 2 is 1.92 bits per heavy atom. The molecular weight excluding hydrogens is 320 g/mol. The second-order valence-electron chi connectivity index (χ2n) is 7.23. The van der Waals surface area contributed by atoms with Gasteiger partial charge in [-0.25, -0.2) is 0 Å². The number of hydrogen-bond donors (Lipinski definition) is 1. The van der Waals surface area contributed by atoms with E-state index >= 15 is 0 Å². The molecule has 0 bridgehead atoms. The van der Waals surface area contributed by atoms with Gasteiger partial charge in [-0.1, -0.05) is 23.7 Å². The largest absolute Gasteiger partial charge is 0.389 e. The lowest BCUT2D eigenvalue weighted by Gasteiger charge is -2.42. The van der Waals surface area contributed by atoms with Crippen LogP contribution in [0.25, 0.3) is 0 Å². The molecule has 4 heteroatoms. The van der Waals surface area contributed by atoms with Gasteiger partial charge < -0.3 is 10.0 Å². The van der Waals surface area contributed by atoms with Gasteiger partial charge in [0.2, 0.25) is 0 Å². The minimum atomic E-state index is -0.747. The number of hydrogen-bond acceptors (Lipinski definition) is 3. The van der Waals surface area contributed by atoms with E-state index in [4.69, 9.17) is 16.6 Å². The fourth-order valence-electron chi connectivity index (χ4n) is 4.25. The molecule has 2 aliphatic rings. The number of fused-ring (bicyclic) bond motifs is 2. The Morgan fingerprint density at radius 1 is 1.17 bits per heavy atom. The van der Waals surface area contributed by atoms with Gasteiger partial charge in [-0.2, -0.15) is 0 Å². The SMILES string of the molecule is CN1CCC(O)(C2c3ccc(Cl)cc3CCc3cccnc32)CC1. The van der Waals surface area contributed by atoms with Gasteiger partial charge >= 0.3 is 0 Å². The van der Waals surface area contributed by atoms with Crippen molar-refractivity contribution < 1.29 is 5.11 Å². The van der Waals surface area contributed by atoms with Crippen molar-refractivity contribution >= 4 is 11.6 Å². The molecule has 2 aromatic rings. The number of pyridine rings is 1. The summed E-state index contributed by atoms with van der Waals surface area (Å²) in [5, 5.41) is 12.4. The molecule has 1 aromatic heterocycles. The average molecular weight is 343 g/mol. The molecular formula is C20H23ClN2O. The number of aromatic nitrogens is 1. The number of halogens is 1. The first-order valence-electron chi connectivity index (χ1n) is 8.70. The quantitative estimate of drug-likeness (QED) is 0.862. The Morgan fingerprint density at radius 3 is 2.71 bits per heavy atom. The first-order chi connectivity index (χ1) is 11.6. The smallest absolute Gasteiger partial charge is 0.0796 e. The molecule has 0 spiro atoms. The standard InChI is InChI=1S/C20H23ClN2O/c1-23-11-8-20(24,9-12-23)18-17-7-6-16(21)13-15(17)5-4-14-3-2-10-22-19(14)18/h2-3,6-7,10,13,18,24H,4-5,8-9,11-12H2,1H3. The van der Waals surface area contributed by atoms with Crippen molar-refractivity contribution in [2.75, 3.05) is 20.1 Å². The summed E-state index contributed by atoms with van der Waals surface area (Å²) in [4.78, 5) is 7.00. The highest BCUT2D eigenvalue weighted by atomic mass is 35.5. The number of rotatable bonds is 1. The molecule has 1 unspecified atom stereocenters. The van der Waals surface area contributed by atoms with Crippen LogP contribution in [0.4, 0.5) is 0 Å². The number of aliphatic hydroxyl groups is 1. The Kier molecular flexibility index (Phi) is 4.11. The molecule has 1 saturated heterocycles. The van der Waals surface area contributed by atoms with Crippen molar-refractivity contribution in [3.8, 4) is 0 Å². The van der Waals surface area contributed by atoms with E-state index in [0.29, 0.717) is 0 Å². The van der Waals surface area contributed by atoms with Gasteiger partial charge in [0.05, 0.1) is 17.2 Å². The topological polar surface area (TPSA) is 36.4 Å². The van der Waals surface area contributed by atoms with E-state index in [9.17, 15) is 5.11 Å². The van der Waals surface area contributed by atoms with Crippen LogP contribution in [0, 0.1) is 0 Å². The van der Waals surface area contributed by atoms with E-state index in [0.717, 1.165) is 49.5 Å². The van der Waals surface area contributed by atoms with E-state index in [2.05, 4.69) is 30.1 Å². The molecule has 1 atom stereocenters. The first-order valence-corrected chi connectivity index (χ1v) is 9.08. The molecule has 4 rings (SSSR count). The Bertz CT molecular complexity index is 753. The maximum atomic E-state index is 11.6. The first kappa shape index (κ1) is 16.1. The molecule has 1 aliphatic carbocycles. The summed E-state index contributed by atoms with van der Waals surface area (Å²) in [5.74, 6) is -0.0721. The van der Waals surface area contributed by atoms with Gasteiger partial charge in [-0.3, -0.25) is 4.98 Å². The Labute approximate surface area is 148 Å². The van der Waals surface area contributed by atoms with E-state index in [1.165, 1.54) is 16.7 Å². The summed E-state index contributed by atoms with van der Waals surface area (Å²) >= 11 is 6.24. The van der Waals surface area contributed by atoms with Gasteiger partial charge in [0, 0.05) is 24.3 Å². The summed E-state index contributed by atoms with van der Waals surface area (Å²) < 4.78 is 0. The van der Waals surface area contributed by atoms with E-state index in [1.54, 1.807) is 0 Å². The summed E-state index contributed by atoms with van der Waals surface area (Å²) in [6, 6.07) is 10.3. The molecule has 24 heavy (non-hydrogen) atoms. The van der Waals surface area contributed by atoms with Gasteiger partial charge in [0.1, 0.15) is 0 Å². The summed E-state index contributed by atoms with van der Waals surface area (Å²) in [6.45, 7) is 1.83. The highest BCUT2D eigenvalue weighted by molar-refractivity contribution is 6.30. The van der Waals surface area contributed by atoms with Gasteiger partial charge in [-0.15, -0.1) is 0 Å². The van der Waals surface area contributed by atoms with Crippen LogP contribution in [0.1, 0.15) is 41.1 Å². The van der Waals surface area contributed by atoms with Crippen molar-refractivity contribution in [3.05, 3.63) is 63.9 Å². The third-order valence-electron chi connectivity index (χ3n) is 5.67. The number of aryl methyl sites for hydroxylation is 2. The minimum absolute atomic E-state index is 0.0721. The summed E-state index contributed by atoms with van der Waals surface area (Å²) in [7, 11) is 2.12. The van der Waals surface area contributed by atoms with Crippen molar-refractivity contribution in [2.45, 2.75) is 37.2 Å². The van der Waals surface area contributed by atoms with Crippen LogP contribution in [-0.2, 0) is 12.8 Å². The van der Waals surface area contributed by atoms with Crippen LogP contribution in [-0.4, -0.2) is 40.7 Å². The lowest BCUT2D eigenvalue weighted by molar-refractivity contribution is -0.0298. The summed E-state index contributed by atoms with van der Waals surface area (Å²) in [5.41, 5.74) is 4.00. The van der Waals surface area contributed by atoms with Crippen LogP contribution < -0.4 is 0 Å². The fraction of sp³-hybridized carbons (Fsp3) is 0.450. The minimum Gasteiger partial charge on any atom is -0.389 e. The van der Waals surface area contributed by atoms with Crippen LogP contribution in [0.15, 0.2) is 36.5 Å². The van der Waals surface area contributed by atoms with Crippen molar-refractivity contribution in [1.82, 2.24) is 9.88 Å². The predicted octanol–water partition coefficient (Wildman–Crippen LogP) is 3.42. The third-order valence-corrected chi connectivity index (χ3v) is 5.90. The van der Waals surface area contributed by atoms with Gasteiger partial charge in [-0.05, 0) is 67.6 Å². The molecule has 1 N–H and O–H groups in total. The molecule has 1 fully saturated rings. The normalized spacial score (nSPS) is 23.2. The van der Waals surface area contributed by atoms with E-state index < -0.39 is 5.60 Å². The molecule has 126 valence electrons. The lowest BCUT2D eigenvalue weighted by Crippen LogP contribution is -2.47. The van der Waals surface area contributed by atoms with Crippen LogP contribution in [0.3, 0.4) is 0 Å². The highest BCUT2D eigenvalue weighted by Crippen LogP contribution is 2.45. The second-order valence-corrected chi connectivity index (χ2v) is 7.67. The molecule has 3 nitrogen and oxygen atoms in total. The van der Waals surface area contributed by atoms with Crippen molar-refractivity contribution in [2.24, 2.45) is 0 Å². The molecule has 1 aliphatic heterocycles. The van der Waals surface area contributed by atoms with Gasteiger partial charge in [0.25, 0.3) is 0 Å². The van der Waals surface area contributed by atoms with Crippen LogP contribution in [0.5, 0.6) is 0 Å². The highest BCUT2D eigenvalue weighted by Gasteiger charge is 2.43. The third kappa shape index (κ3) is 2.75. The van der Waals surface area contributed by atoms with Crippen molar-refractivity contribution in [1.29, 1.82) is 0 Å². The number of likely N-dealkylation sites (tertiary alicyclic amines) is 1. The van der Waals surface area contributed by atoms with Crippen LogP contribution >= 0.6 is 11.6 Å². The maximum absolute atomic E-state index is 11.6. The zero-order valence-corrected chi connectivity index (χ0v) is 14.8. The molecule has 0 amide bonds. The Balaban J connectivity index is 1.87. The monoisotopic (exact) mass is 342 g/mol. The average Bonchev–Trinajstić information content (AvgIpc) is 2.75. The number of benzene rings is 1. The number of piperidine rings is 1. The lowest BCUT2D eigenvalue weighted by atomic mass is 9.73. The van der Waals surface area contributed by atoms with Gasteiger partial charge in [0.15, 0.2) is 0 Å². The number of nitrogens with zero attached hydrogens (tertiary/aromatic N) is 2. The zero-order chi connectivity index (χ0) is 16.7.